The Kier molecular flexibility index (Phi) is 2.30. The standard InChI is InChI=1S/C9H16N2O/c1-7-6-11-9(12-7)8-4-2-3-5-10-8/h7-8,10H,2-6H2,1H3. The third-order valence-corrected chi connectivity index (χ3v) is 2.43. The average Bonchev–Trinajstić information content (AvgIpc) is 2.54. The summed E-state index contributed by atoms with van der Waals surface area (Å²) in [7, 11) is 0. The molecule has 3 nitrogen and oxygen atoms in total. The molecule has 0 amide bonds. The first-order chi connectivity index (χ1) is 5.86. The Labute approximate surface area is 73.2 Å². The van der Waals surface area contributed by atoms with Gasteiger partial charge in [-0.3, -0.25) is 4.99 Å². The topological polar surface area (TPSA) is 33.6 Å². The van der Waals surface area contributed by atoms with Crippen molar-refractivity contribution in [3.63, 3.8) is 0 Å². The van der Waals surface area contributed by atoms with Crippen molar-refractivity contribution < 1.29 is 4.74 Å². The molecule has 0 radical (unpaired) electrons. The molecule has 0 aliphatic carbocycles. The second-order valence-corrected chi connectivity index (χ2v) is 3.61. The van der Waals surface area contributed by atoms with Gasteiger partial charge in [-0.2, -0.15) is 0 Å². The lowest BCUT2D eigenvalue weighted by Crippen LogP contribution is -2.40. The fraction of sp³-hybridized carbons (Fsp3) is 0.889. The molecule has 0 saturated carbocycles. The van der Waals surface area contributed by atoms with E-state index in [-0.39, 0.29) is 0 Å². The van der Waals surface area contributed by atoms with Gasteiger partial charge in [0.05, 0.1) is 12.6 Å². The Balaban J connectivity index is 1.91. The number of nitrogens with zero attached hydrogens (tertiary/aromatic N) is 1. The molecule has 1 fully saturated rings. The van der Waals surface area contributed by atoms with E-state index in [1.807, 2.05) is 0 Å². The fourth-order valence-corrected chi connectivity index (χ4v) is 1.75. The minimum atomic E-state index is 0.295. The summed E-state index contributed by atoms with van der Waals surface area (Å²) in [6, 6.07) is 0.406. The molecule has 2 aliphatic heterocycles. The van der Waals surface area contributed by atoms with E-state index in [4.69, 9.17) is 4.74 Å². The molecule has 0 aromatic carbocycles. The highest BCUT2D eigenvalue weighted by Gasteiger charge is 2.25. The number of hydrogen-bond donors (Lipinski definition) is 1. The summed E-state index contributed by atoms with van der Waals surface area (Å²) in [5, 5.41) is 3.43. The Morgan fingerprint density at radius 1 is 1.50 bits per heavy atom. The third-order valence-electron chi connectivity index (χ3n) is 2.43. The third kappa shape index (κ3) is 1.61. The number of ether oxygens (including phenoxy) is 1. The largest absolute Gasteiger partial charge is 0.475 e. The van der Waals surface area contributed by atoms with E-state index in [0.29, 0.717) is 12.1 Å². The Morgan fingerprint density at radius 2 is 2.42 bits per heavy atom. The van der Waals surface area contributed by atoms with Crippen LogP contribution < -0.4 is 5.32 Å². The SMILES string of the molecule is CC1CN=C(C2CCCCN2)O1. The zero-order valence-corrected chi connectivity index (χ0v) is 7.55. The molecule has 0 aromatic heterocycles. The van der Waals surface area contributed by atoms with E-state index < -0.39 is 0 Å². The van der Waals surface area contributed by atoms with Crippen LogP contribution in [0.15, 0.2) is 4.99 Å². The van der Waals surface area contributed by atoms with Crippen LogP contribution in [-0.4, -0.2) is 31.1 Å². The van der Waals surface area contributed by atoms with E-state index in [9.17, 15) is 0 Å². The highest BCUT2D eigenvalue weighted by atomic mass is 16.5. The average molecular weight is 168 g/mol. The molecule has 2 rings (SSSR count). The van der Waals surface area contributed by atoms with Gasteiger partial charge in [-0.25, -0.2) is 0 Å². The Hall–Kier alpha value is -0.570. The van der Waals surface area contributed by atoms with Crippen molar-refractivity contribution in [2.24, 2.45) is 4.99 Å². The highest BCUT2D eigenvalue weighted by Crippen LogP contribution is 2.14. The smallest absolute Gasteiger partial charge is 0.201 e. The summed E-state index contributed by atoms with van der Waals surface area (Å²) in [5.74, 6) is 0.946. The van der Waals surface area contributed by atoms with Crippen LogP contribution in [-0.2, 0) is 4.74 Å². The minimum Gasteiger partial charge on any atom is -0.475 e. The molecule has 0 aromatic rings. The molecule has 3 heteroatoms. The highest BCUT2D eigenvalue weighted by molar-refractivity contribution is 5.83. The molecule has 2 unspecified atom stereocenters. The van der Waals surface area contributed by atoms with Crippen molar-refractivity contribution in [2.45, 2.75) is 38.3 Å². The molecule has 68 valence electrons. The molecule has 2 heterocycles. The van der Waals surface area contributed by atoms with Crippen molar-refractivity contribution in [1.29, 1.82) is 0 Å². The van der Waals surface area contributed by atoms with E-state index >= 15 is 0 Å². The summed E-state index contributed by atoms with van der Waals surface area (Å²) in [4.78, 5) is 4.37. The fourth-order valence-electron chi connectivity index (χ4n) is 1.75. The quantitative estimate of drug-likeness (QED) is 0.632. The van der Waals surface area contributed by atoms with E-state index in [2.05, 4.69) is 17.2 Å². The van der Waals surface area contributed by atoms with Gasteiger partial charge < -0.3 is 10.1 Å². The van der Waals surface area contributed by atoms with Crippen LogP contribution in [0.25, 0.3) is 0 Å². The van der Waals surface area contributed by atoms with Gasteiger partial charge in [0.1, 0.15) is 6.10 Å². The van der Waals surface area contributed by atoms with E-state index in [1.165, 1.54) is 19.3 Å². The van der Waals surface area contributed by atoms with Gasteiger partial charge in [0.25, 0.3) is 0 Å². The lowest BCUT2D eigenvalue weighted by molar-refractivity contribution is 0.227. The van der Waals surface area contributed by atoms with Crippen molar-refractivity contribution >= 4 is 5.90 Å². The molecule has 0 bridgehead atoms. The van der Waals surface area contributed by atoms with E-state index in [1.54, 1.807) is 0 Å². The molecule has 2 aliphatic rings. The summed E-state index contributed by atoms with van der Waals surface area (Å²) >= 11 is 0. The first kappa shape index (κ1) is 8.05. The predicted octanol–water partition coefficient (Wildman–Crippen LogP) is 0.946. The molecule has 1 saturated heterocycles. The summed E-state index contributed by atoms with van der Waals surface area (Å²) < 4.78 is 5.59. The van der Waals surface area contributed by atoms with Crippen molar-refractivity contribution in [3.05, 3.63) is 0 Å². The maximum Gasteiger partial charge on any atom is 0.201 e. The van der Waals surface area contributed by atoms with Crippen LogP contribution in [0.3, 0.4) is 0 Å². The van der Waals surface area contributed by atoms with Crippen LogP contribution in [0.1, 0.15) is 26.2 Å². The van der Waals surface area contributed by atoms with Crippen LogP contribution in [0.4, 0.5) is 0 Å². The van der Waals surface area contributed by atoms with Gasteiger partial charge >= 0.3 is 0 Å². The maximum absolute atomic E-state index is 5.59. The zero-order chi connectivity index (χ0) is 8.39. The van der Waals surface area contributed by atoms with Crippen LogP contribution in [0.2, 0.25) is 0 Å². The van der Waals surface area contributed by atoms with Crippen molar-refractivity contribution in [1.82, 2.24) is 5.32 Å². The molecule has 1 N–H and O–H groups in total. The van der Waals surface area contributed by atoms with Gasteiger partial charge in [0.2, 0.25) is 5.90 Å². The van der Waals surface area contributed by atoms with Gasteiger partial charge in [-0.05, 0) is 26.3 Å². The normalized spacial score (nSPS) is 35.9. The number of nitrogens with one attached hydrogen (secondary N) is 1. The van der Waals surface area contributed by atoms with Crippen LogP contribution >= 0.6 is 0 Å². The first-order valence-corrected chi connectivity index (χ1v) is 4.80. The second-order valence-electron chi connectivity index (χ2n) is 3.61. The number of aliphatic imine (C=N–C) groups is 1. The zero-order valence-electron chi connectivity index (χ0n) is 7.55. The van der Waals surface area contributed by atoms with Gasteiger partial charge in [0.15, 0.2) is 0 Å². The number of piperidine rings is 1. The Morgan fingerprint density at radius 3 is 3.00 bits per heavy atom. The predicted molar refractivity (Wildman–Crippen MR) is 48.5 cm³/mol. The van der Waals surface area contributed by atoms with Crippen molar-refractivity contribution in [2.75, 3.05) is 13.1 Å². The lowest BCUT2D eigenvalue weighted by Gasteiger charge is -2.23. The molecule has 2 atom stereocenters. The number of hydrogen-bond acceptors (Lipinski definition) is 3. The van der Waals surface area contributed by atoms with Crippen molar-refractivity contribution in [3.8, 4) is 0 Å². The molecular formula is C9H16N2O. The van der Waals surface area contributed by atoms with Crippen LogP contribution in [0, 0.1) is 0 Å². The first-order valence-electron chi connectivity index (χ1n) is 4.80. The number of rotatable bonds is 1. The van der Waals surface area contributed by atoms with E-state index in [0.717, 1.165) is 19.0 Å². The lowest BCUT2D eigenvalue weighted by atomic mass is 10.1. The second kappa shape index (κ2) is 3.44. The minimum absolute atomic E-state index is 0.295. The molecule has 0 spiro atoms. The summed E-state index contributed by atoms with van der Waals surface area (Å²) in [6.07, 6.45) is 4.07. The Bertz CT molecular complexity index is 185. The van der Waals surface area contributed by atoms with Gasteiger partial charge in [-0.15, -0.1) is 0 Å². The van der Waals surface area contributed by atoms with Gasteiger partial charge in [0, 0.05) is 0 Å². The summed E-state index contributed by atoms with van der Waals surface area (Å²) in [6.45, 7) is 4.02. The van der Waals surface area contributed by atoms with Gasteiger partial charge in [-0.1, -0.05) is 6.42 Å². The van der Waals surface area contributed by atoms with Crippen LogP contribution in [0.5, 0.6) is 0 Å². The summed E-state index contributed by atoms with van der Waals surface area (Å²) in [5.41, 5.74) is 0. The maximum atomic E-state index is 5.59. The molecule has 12 heavy (non-hydrogen) atoms. The monoisotopic (exact) mass is 168 g/mol. The molecular weight excluding hydrogens is 152 g/mol.